The van der Waals surface area contributed by atoms with Crippen LogP contribution < -0.4 is 11.1 Å². The number of anilines is 2. The predicted octanol–water partition coefficient (Wildman–Crippen LogP) is 1.62. The van der Waals surface area contributed by atoms with Crippen LogP contribution in [0.15, 0.2) is 36.5 Å². The maximum absolute atomic E-state index is 11.8. The highest BCUT2D eigenvalue weighted by molar-refractivity contribution is 6.05. The molecule has 0 aliphatic carbocycles. The van der Waals surface area contributed by atoms with Gasteiger partial charge in [0.05, 0.1) is 6.20 Å². The molecule has 0 saturated carbocycles. The van der Waals surface area contributed by atoms with Gasteiger partial charge in [0.15, 0.2) is 5.82 Å². The Labute approximate surface area is 98.7 Å². The second-order valence-electron chi connectivity index (χ2n) is 3.54. The SMILES string of the molecule is Cc1ncc(NC(=O)c2ccccc2)c(N)n1. The number of benzene rings is 1. The van der Waals surface area contributed by atoms with Crippen LogP contribution in [0, 0.1) is 6.92 Å². The lowest BCUT2D eigenvalue weighted by atomic mass is 10.2. The van der Waals surface area contributed by atoms with Crippen molar-refractivity contribution in [1.29, 1.82) is 0 Å². The van der Waals surface area contributed by atoms with Crippen LogP contribution in [0.2, 0.25) is 0 Å². The lowest BCUT2D eigenvalue weighted by molar-refractivity contribution is 0.102. The van der Waals surface area contributed by atoms with Gasteiger partial charge >= 0.3 is 0 Å². The van der Waals surface area contributed by atoms with Crippen LogP contribution in [0.4, 0.5) is 11.5 Å². The van der Waals surface area contributed by atoms with Crippen LogP contribution in [0.3, 0.4) is 0 Å². The van der Waals surface area contributed by atoms with Crippen molar-refractivity contribution < 1.29 is 4.79 Å². The predicted molar refractivity (Wildman–Crippen MR) is 65.6 cm³/mol. The van der Waals surface area contributed by atoms with Crippen molar-refractivity contribution in [3.8, 4) is 0 Å². The summed E-state index contributed by atoms with van der Waals surface area (Å²) in [7, 11) is 0. The molecule has 0 fully saturated rings. The molecule has 0 aliphatic heterocycles. The van der Waals surface area contributed by atoms with Crippen LogP contribution in [0.5, 0.6) is 0 Å². The second-order valence-corrected chi connectivity index (χ2v) is 3.54. The number of carbonyl (C=O) groups is 1. The third-order valence-electron chi connectivity index (χ3n) is 2.22. The molecule has 0 bridgehead atoms. The Morgan fingerprint density at radius 3 is 2.65 bits per heavy atom. The number of rotatable bonds is 2. The number of hydrogen-bond acceptors (Lipinski definition) is 4. The van der Waals surface area contributed by atoms with E-state index >= 15 is 0 Å². The van der Waals surface area contributed by atoms with Gasteiger partial charge in [-0.15, -0.1) is 0 Å². The second kappa shape index (κ2) is 4.61. The lowest BCUT2D eigenvalue weighted by Crippen LogP contribution is -2.14. The lowest BCUT2D eigenvalue weighted by Gasteiger charge is -2.07. The van der Waals surface area contributed by atoms with Crippen molar-refractivity contribution in [2.45, 2.75) is 6.92 Å². The Morgan fingerprint density at radius 1 is 1.29 bits per heavy atom. The first kappa shape index (κ1) is 11.1. The van der Waals surface area contributed by atoms with Gasteiger partial charge in [0.2, 0.25) is 0 Å². The number of hydrogen-bond donors (Lipinski definition) is 2. The average Bonchev–Trinajstić information content (AvgIpc) is 2.34. The molecule has 1 aromatic carbocycles. The highest BCUT2D eigenvalue weighted by atomic mass is 16.1. The molecule has 0 saturated heterocycles. The van der Waals surface area contributed by atoms with E-state index in [1.165, 1.54) is 6.20 Å². The van der Waals surface area contributed by atoms with Crippen molar-refractivity contribution in [3.05, 3.63) is 47.9 Å². The highest BCUT2D eigenvalue weighted by Gasteiger charge is 2.08. The van der Waals surface area contributed by atoms with Crippen LogP contribution in [-0.4, -0.2) is 15.9 Å². The van der Waals surface area contributed by atoms with E-state index in [2.05, 4.69) is 15.3 Å². The summed E-state index contributed by atoms with van der Waals surface area (Å²) in [5.41, 5.74) is 6.67. The van der Waals surface area contributed by atoms with Crippen LogP contribution in [0.1, 0.15) is 16.2 Å². The van der Waals surface area contributed by atoms with Gasteiger partial charge in [-0.25, -0.2) is 9.97 Å². The Kier molecular flexibility index (Phi) is 3.00. The van der Waals surface area contributed by atoms with E-state index in [0.717, 1.165) is 0 Å². The van der Waals surface area contributed by atoms with Crippen molar-refractivity contribution in [1.82, 2.24) is 9.97 Å². The molecule has 86 valence electrons. The highest BCUT2D eigenvalue weighted by Crippen LogP contribution is 2.14. The third-order valence-corrected chi connectivity index (χ3v) is 2.22. The number of nitrogens with one attached hydrogen (secondary N) is 1. The molecule has 5 heteroatoms. The van der Waals surface area contributed by atoms with Crippen LogP contribution in [0.25, 0.3) is 0 Å². The zero-order valence-corrected chi connectivity index (χ0v) is 9.34. The zero-order valence-electron chi connectivity index (χ0n) is 9.34. The Bertz CT molecular complexity index is 539. The standard InChI is InChI=1S/C12H12N4O/c1-8-14-7-10(11(13)15-8)16-12(17)9-5-3-2-4-6-9/h2-7H,1H3,(H,16,17)(H2,13,14,15). The molecule has 0 unspecified atom stereocenters. The van der Waals surface area contributed by atoms with Crippen molar-refractivity contribution in [2.24, 2.45) is 0 Å². The number of nitrogen functional groups attached to an aromatic ring is 1. The molecule has 2 aromatic rings. The summed E-state index contributed by atoms with van der Waals surface area (Å²) in [6.45, 7) is 1.74. The fourth-order valence-corrected chi connectivity index (χ4v) is 1.37. The summed E-state index contributed by atoms with van der Waals surface area (Å²) in [4.78, 5) is 19.8. The molecule has 0 aliphatic rings. The minimum Gasteiger partial charge on any atom is -0.382 e. The number of amides is 1. The van der Waals surface area contributed by atoms with Crippen molar-refractivity contribution in [3.63, 3.8) is 0 Å². The molecule has 5 nitrogen and oxygen atoms in total. The van der Waals surface area contributed by atoms with E-state index in [1.54, 1.807) is 31.2 Å². The molecule has 0 radical (unpaired) electrons. The molecule has 17 heavy (non-hydrogen) atoms. The number of nitrogens with two attached hydrogens (primary N) is 1. The monoisotopic (exact) mass is 228 g/mol. The van der Waals surface area contributed by atoms with Crippen LogP contribution >= 0.6 is 0 Å². The van der Waals surface area contributed by atoms with Gasteiger partial charge in [-0.2, -0.15) is 0 Å². The first-order chi connectivity index (χ1) is 8.16. The summed E-state index contributed by atoms with van der Waals surface area (Å²) in [5, 5.41) is 2.66. The number of aromatic nitrogens is 2. The van der Waals surface area contributed by atoms with E-state index in [1.807, 2.05) is 6.07 Å². The summed E-state index contributed by atoms with van der Waals surface area (Å²) in [6, 6.07) is 8.88. The minimum atomic E-state index is -0.232. The van der Waals surface area contributed by atoms with E-state index in [9.17, 15) is 4.79 Å². The molecule has 1 aromatic heterocycles. The zero-order chi connectivity index (χ0) is 12.3. The maximum atomic E-state index is 11.8. The van der Waals surface area contributed by atoms with Gasteiger partial charge in [0.1, 0.15) is 11.5 Å². The number of aryl methyl sites for hydroxylation is 1. The molecule has 0 atom stereocenters. The van der Waals surface area contributed by atoms with E-state index in [4.69, 9.17) is 5.73 Å². The maximum Gasteiger partial charge on any atom is 0.255 e. The van der Waals surface area contributed by atoms with Gasteiger partial charge in [0, 0.05) is 5.56 Å². The fourth-order valence-electron chi connectivity index (χ4n) is 1.37. The summed E-state index contributed by atoms with van der Waals surface area (Å²) < 4.78 is 0. The van der Waals surface area contributed by atoms with Gasteiger partial charge in [0.25, 0.3) is 5.91 Å². The minimum absolute atomic E-state index is 0.232. The first-order valence-corrected chi connectivity index (χ1v) is 5.12. The van der Waals surface area contributed by atoms with Gasteiger partial charge in [-0.05, 0) is 19.1 Å². The third kappa shape index (κ3) is 2.57. The van der Waals surface area contributed by atoms with Gasteiger partial charge in [-0.3, -0.25) is 4.79 Å². The smallest absolute Gasteiger partial charge is 0.255 e. The van der Waals surface area contributed by atoms with E-state index in [0.29, 0.717) is 17.1 Å². The number of nitrogens with zero attached hydrogens (tertiary/aromatic N) is 2. The van der Waals surface area contributed by atoms with Gasteiger partial charge in [-0.1, -0.05) is 18.2 Å². The average molecular weight is 228 g/mol. The fraction of sp³-hybridized carbons (Fsp3) is 0.0833. The van der Waals surface area contributed by atoms with Gasteiger partial charge < -0.3 is 11.1 Å². The topological polar surface area (TPSA) is 80.9 Å². The molecule has 2 rings (SSSR count). The molecule has 0 spiro atoms. The molecule has 3 N–H and O–H groups in total. The normalized spacial score (nSPS) is 9.94. The largest absolute Gasteiger partial charge is 0.382 e. The Morgan fingerprint density at radius 2 is 2.00 bits per heavy atom. The summed E-state index contributed by atoms with van der Waals surface area (Å²) in [5.74, 6) is 0.603. The molecule has 1 amide bonds. The first-order valence-electron chi connectivity index (χ1n) is 5.12. The molecule has 1 heterocycles. The van der Waals surface area contributed by atoms with E-state index in [-0.39, 0.29) is 11.7 Å². The Hall–Kier alpha value is -2.43. The quantitative estimate of drug-likeness (QED) is 0.818. The van der Waals surface area contributed by atoms with Crippen molar-refractivity contribution >= 4 is 17.4 Å². The molecular weight excluding hydrogens is 216 g/mol. The summed E-state index contributed by atoms with van der Waals surface area (Å²) in [6.07, 6.45) is 1.50. The Balaban J connectivity index is 2.19. The number of carbonyl (C=O) groups excluding carboxylic acids is 1. The van der Waals surface area contributed by atoms with E-state index < -0.39 is 0 Å². The van der Waals surface area contributed by atoms with Crippen molar-refractivity contribution in [2.75, 3.05) is 11.1 Å². The molecular formula is C12H12N4O. The van der Waals surface area contributed by atoms with Crippen LogP contribution in [-0.2, 0) is 0 Å². The summed E-state index contributed by atoms with van der Waals surface area (Å²) >= 11 is 0.